The van der Waals surface area contributed by atoms with Gasteiger partial charge in [-0.15, -0.1) is 0 Å². The number of halogens is 1. The summed E-state index contributed by atoms with van der Waals surface area (Å²) >= 11 is 3.17. The van der Waals surface area contributed by atoms with Crippen molar-refractivity contribution < 1.29 is 0 Å². The maximum Gasteiger partial charge on any atom is 0.267 e. The molecule has 2 aromatic rings. The molecule has 16 heavy (non-hydrogen) atoms. The van der Waals surface area contributed by atoms with Crippen LogP contribution < -0.4 is 10.9 Å². The normalized spacial score (nSPS) is 10.4. The molecule has 0 aliphatic heterocycles. The molecule has 2 heterocycles. The van der Waals surface area contributed by atoms with E-state index in [4.69, 9.17) is 0 Å². The Bertz CT molecular complexity index is 547. The van der Waals surface area contributed by atoms with Crippen LogP contribution in [-0.2, 0) is 13.6 Å². The molecule has 2 rings (SSSR count). The number of anilines is 1. The third-order valence-corrected chi connectivity index (χ3v) is 2.87. The largest absolute Gasteiger partial charge is 0.362 e. The van der Waals surface area contributed by atoms with Gasteiger partial charge in [0, 0.05) is 19.4 Å². The molecular weight excluding hydrogens is 274 g/mol. The van der Waals surface area contributed by atoms with Crippen LogP contribution >= 0.6 is 15.9 Å². The molecule has 0 aromatic carbocycles. The van der Waals surface area contributed by atoms with Crippen molar-refractivity contribution in [1.82, 2.24) is 19.5 Å². The van der Waals surface area contributed by atoms with Gasteiger partial charge in [-0.1, -0.05) is 0 Å². The first-order valence-corrected chi connectivity index (χ1v) is 5.41. The van der Waals surface area contributed by atoms with Crippen molar-refractivity contribution >= 4 is 21.7 Å². The van der Waals surface area contributed by atoms with Crippen molar-refractivity contribution in [3.63, 3.8) is 0 Å². The van der Waals surface area contributed by atoms with Crippen LogP contribution in [-0.4, -0.2) is 19.5 Å². The lowest BCUT2D eigenvalue weighted by molar-refractivity contribution is 0.809. The van der Waals surface area contributed by atoms with Crippen LogP contribution in [0.2, 0.25) is 0 Å². The first-order chi connectivity index (χ1) is 7.68. The number of rotatable bonds is 3. The maximum atomic E-state index is 11.3. The Morgan fingerprint density at radius 2 is 2.38 bits per heavy atom. The topological polar surface area (TPSA) is 75.6 Å². The fraction of sp³-hybridized carbons (Fsp3) is 0.222. The second kappa shape index (κ2) is 4.48. The molecule has 0 saturated heterocycles. The summed E-state index contributed by atoms with van der Waals surface area (Å²) in [6.45, 7) is 0.512. The van der Waals surface area contributed by atoms with E-state index >= 15 is 0 Å². The molecular formula is C9H10BrN5O. The Morgan fingerprint density at radius 1 is 1.56 bits per heavy atom. The van der Waals surface area contributed by atoms with E-state index in [9.17, 15) is 4.79 Å². The highest BCUT2D eigenvalue weighted by Crippen LogP contribution is 2.13. The molecule has 0 aliphatic rings. The Labute approximate surface area is 99.9 Å². The van der Waals surface area contributed by atoms with E-state index in [2.05, 4.69) is 36.2 Å². The molecule has 0 bridgehead atoms. The third kappa shape index (κ3) is 2.13. The second-order valence-corrected chi connectivity index (χ2v) is 4.00. The number of imidazole rings is 1. The van der Waals surface area contributed by atoms with Crippen molar-refractivity contribution in [1.29, 1.82) is 0 Å². The average molecular weight is 284 g/mol. The van der Waals surface area contributed by atoms with Crippen LogP contribution in [0.15, 0.2) is 28.0 Å². The lowest BCUT2D eigenvalue weighted by atomic mass is 10.5. The molecule has 2 aromatic heterocycles. The highest BCUT2D eigenvalue weighted by Gasteiger charge is 2.05. The van der Waals surface area contributed by atoms with Gasteiger partial charge in [-0.25, -0.2) is 9.97 Å². The second-order valence-electron chi connectivity index (χ2n) is 3.20. The number of hydrogen-bond acceptors (Lipinski definition) is 4. The number of hydrogen-bond donors (Lipinski definition) is 2. The number of aromatic nitrogens is 4. The van der Waals surface area contributed by atoms with Crippen LogP contribution in [0.3, 0.4) is 0 Å². The van der Waals surface area contributed by atoms with Gasteiger partial charge in [0.2, 0.25) is 0 Å². The van der Waals surface area contributed by atoms with Gasteiger partial charge < -0.3 is 14.9 Å². The fourth-order valence-corrected chi connectivity index (χ4v) is 1.59. The monoisotopic (exact) mass is 283 g/mol. The highest BCUT2D eigenvalue weighted by atomic mass is 79.9. The summed E-state index contributed by atoms with van der Waals surface area (Å²) in [6.07, 6.45) is 4.93. The molecule has 2 N–H and O–H groups in total. The van der Waals surface area contributed by atoms with Crippen molar-refractivity contribution in [2.45, 2.75) is 6.54 Å². The smallest absolute Gasteiger partial charge is 0.267 e. The Hall–Kier alpha value is -1.63. The summed E-state index contributed by atoms with van der Waals surface area (Å²) < 4.78 is 2.29. The van der Waals surface area contributed by atoms with Gasteiger partial charge in [0.15, 0.2) is 0 Å². The zero-order chi connectivity index (χ0) is 11.5. The number of H-pyrrole nitrogens is 1. The van der Waals surface area contributed by atoms with Crippen LogP contribution in [0.4, 0.5) is 5.82 Å². The Kier molecular flexibility index (Phi) is 3.04. The van der Waals surface area contributed by atoms with Crippen LogP contribution in [0.5, 0.6) is 0 Å². The quantitative estimate of drug-likeness (QED) is 0.877. The minimum absolute atomic E-state index is 0.211. The molecule has 6 nitrogen and oxygen atoms in total. The zero-order valence-corrected chi connectivity index (χ0v) is 10.2. The van der Waals surface area contributed by atoms with Crippen LogP contribution in [0, 0.1) is 0 Å². The minimum atomic E-state index is -0.211. The number of aryl methyl sites for hydroxylation is 1. The molecule has 7 heteroatoms. The molecule has 0 radical (unpaired) electrons. The van der Waals surface area contributed by atoms with Gasteiger partial charge in [-0.3, -0.25) is 4.79 Å². The third-order valence-electron chi connectivity index (χ3n) is 2.13. The Morgan fingerprint density at radius 3 is 3.06 bits per heavy atom. The van der Waals surface area contributed by atoms with Gasteiger partial charge in [0.25, 0.3) is 5.56 Å². The van der Waals surface area contributed by atoms with Crippen molar-refractivity contribution in [3.05, 3.63) is 39.4 Å². The van der Waals surface area contributed by atoms with E-state index in [-0.39, 0.29) is 5.56 Å². The minimum Gasteiger partial charge on any atom is -0.362 e. The average Bonchev–Trinajstić information content (AvgIpc) is 2.67. The predicted octanol–water partition coefficient (Wildman–Crippen LogP) is 0.878. The van der Waals surface area contributed by atoms with E-state index in [0.29, 0.717) is 16.8 Å². The maximum absolute atomic E-state index is 11.3. The van der Waals surface area contributed by atoms with E-state index in [1.165, 1.54) is 6.33 Å². The van der Waals surface area contributed by atoms with Crippen molar-refractivity contribution in [3.8, 4) is 0 Å². The lowest BCUT2D eigenvalue weighted by Gasteiger charge is -2.06. The summed E-state index contributed by atoms with van der Waals surface area (Å²) in [4.78, 5) is 21.9. The summed E-state index contributed by atoms with van der Waals surface area (Å²) in [5, 5.41) is 3.04. The summed E-state index contributed by atoms with van der Waals surface area (Å²) in [7, 11) is 1.91. The summed E-state index contributed by atoms with van der Waals surface area (Å²) in [5.41, 5.74) is -0.211. The van der Waals surface area contributed by atoms with Gasteiger partial charge in [-0.05, 0) is 15.9 Å². The molecule has 0 aliphatic carbocycles. The zero-order valence-electron chi connectivity index (χ0n) is 8.57. The number of nitrogens with one attached hydrogen (secondary N) is 2. The first-order valence-electron chi connectivity index (χ1n) is 4.61. The Balaban J connectivity index is 2.14. The lowest BCUT2D eigenvalue weighted by Crippen LogP contribution is -2.13. The standard InChI is InChI=1S/C9H10BrN5O/c1-15-3-2-11-6(15)4-12-8-7(10)9(16)14-5-13-8/h2-3,5H,4H2,1H3,(H2,12,13,14,16). The van der Waals surface area contributed by atoms with Gasteiger partial charge in [0.1, 0.15) is 16.1 Å². The van der Waals surface area contributed by atoms with Crippen LogP contribution in [0.1, 0.15) is 5.82 Å². The number of aromatic amines is 1. The molecule has 0 unspecified atom stereocenters. The number of nitrogens with zero attached hydrogens (tertiary/aromatic N) is 3. The van der Waals surface area contributed by atoms with Gasteiger partial charge >= 0.3 is 0 Å². The van der Waals surface area contributed by atoms with E-state index in [1.54, 1.807) is 6.20 Å². The SMILES string of the molecule is Cn1ccnc1CNc1nc[nH]c(=O)c1Br. The first kappa shape index (κ1) is 10.9. The van der Waals surface area contributed by atoms with Crippen LogP contribution in [0.25, 0.3) is 0 Å². The van der Waals surface area contributed by atoms with Gasteiger partial charge in [-0.2, -0.15) is 0 Å². The fourth-order valence-electron chi connectivity index (χ4n) is 1.24. The molecule has 0 saturated carbocycles. The summed E-state index contributed by atoms with van der Waals surface area (Å²) in [5.74, 6) is 1.38. The molecule has 84 valence electrons. The summed E-state index contributed by atoms with van der Waals surface area (Å²) in [6, 6.07) is 0. The van der Waals surface area contributed by atoms with Crippen molar-refractivity contribution in [2.24, 2.45) is 7.05 Å². The molecule has 0 atom stereocenters. The van der Waals surface area contributed by atoms with E-state index in [0.717, 1.165) is 5.82 Å². The van der Waals surface area contributed by atoms with Crippen molar-refractivity contribution in [2.75, 3.05) is 5.32 Å². The van der Waals surface area contributed by atoms with E-state index in [1.807, 2.05) is 17.8 Å². The predicted molar refractivity (Wildman–Crippen MR) is 63.1 cm³/mol. The molecule has 0 spiro atoms. The highest BCUT2D eigenvalue weighted by molar-refractivity contribution is 9.10. The van der Waals surface area contributed by atoms with E-state index < -0.39 is 0 Å². The molecule has 0 fully saturated rings. The molecule has 0 amide bonds. The van der Waals surface area contributed by atoms with Gasteiger partial charge in [0.05, 0.1) is 12.9 Å².